The fourth-order valence-electron chi connectivity index (χ4n) is 3.79. The molecule has 0 atom stereocenters. The maximum Gasteiger partial charge on any atom is 0.283 e. The maximum atomic E-state index is 13.6. The van der Waals surface area contributed by atoms with E-state index in [-0.39, 0.29) is 17.2 Å². The molecule has 7 nitrogen and oxygen atoms in total. The van der Waals surface area contributed by atoms with E-state index in [1.165, 1.54) is 16.3 Å². The number of aromatic nitrogens is 3. The second-order valence-electron chi connectivity index (χ2n) is 7.68. The van der Waals surface area contributed by atoms with E-state index in [4.69, 9.17) is 9.72 Å². The molecule has 5 rings (SSSR count). The first-order valence-electron chi connectivity index (χ1n) is 10.8. The number of ether oxygens (including phenoxy) is 1. The molecule has 0 aliphatic heterocycles. The smallest absolute Gasteiger partial charge is 0.283 e. The summed E-state index contributed by atoms with van der Waals surface area (Å²) in [5, 5.41) is 4.22. The molecule has 0 radical (unpaired) electrons. The zero-order valence-electron chi connectivity index (χ0n) is 18.4. The fourth-order valence-corrected chi connectivity index (χ4v) is 4.63. The molecule has 0 spiro atoms. The Kier molecular flexibility index (Phi) is 6.05. The highest BCUT2D eigenvalue weighted by atomic mass is 32.2. The average molecular weight is 471 g/mol. The lowest BCUT2D eigenvalue weighted by molar-refractivity contribution is -0.118. The summed E-state index contributed by atoms with van der Waals surface area (Å²) in [7, 11) is 1.58. The van der Waals surface area contributed by atoms with E-state index in [1.54, 1.807) is 13.2 Å². The molecule has 8 heteroatoms. The van der Waals surface area contributed by atoms with Crippen molar-refractivity contribution in [1.29, 1.82) is 0 Å². The van der Waals surface area contributed by atoms with Crippen molar-refractivity contribution in [3.8, 4) is 11.4 Å². The number of fused-ring (bicyclic) bond motifs is 3. The van der Waals surface area contributed by atoms with Crippen LogP contribution in [0.2, 0.25) is 0 Å². The van der Waals surface area contributed by atoms with Gasteiger partial charge in [-0.25, -0.2) is 4.98 Å². The van der Waals surface area contributed by atoms with E-state index >= 15 is 0 Å². The van der Waals surface area contributed by atoms with Gasteiger partial charge in [0, 0.05) is 23.5 Å². The first-order chi connectivity index (χ1) is 16.6. The molecule has 170 valence electrons. The van der Waals surface area contributed by atoms with Gasteiger partial charge in [-0.05, 0) is 23.8 Å². The lowest BCUT2D eigenvalue weighted by Gasteiger charge is -2.13. The summed E-state index contributed by atoms with van der Waals surface area (Å²) in [4.78, 5) is 34.2. The second kappa shape index (κ2) is 9.44. The number of nitrogens with zero attached hydrogens (tertiary/aromatic N) is 2. The highest BCUT2D eigenvalue weighted by molar-refractivity contribution is 7.99. The summed E-state index contributed by atoms with van der Waals surface area (Å²) in [6.45, 7) is 0.442. The molecule has 0 bridgehead atoms. The number of aromatic amines is 1. The molecule has 0 fully saturated rings. The molecular weight excluding hydrogens is 448 g/mol. The van der Waals surface area contributed by atoms with Crippen LogP contribution < -0.4 is 15.6 Å². The first-order valence-corrected chi connectivity index (χ1v) is 11.7. The quantitative estimate of drug-likeness (QED) is 0.274. The summed E-state index contributed by atoms with van der Waals surface area (Å²) >= 11 is 1.22. The van der Waals surface area contributed by atoms with Gasteiger partial charge in [-0.15, -0.1) is 0 Å². The number of hydrogen-bond donors (Lipinski definition) is 2. The topological polar surface area (TPSA) is 89.0 Å². The van der Waals surface area contributed by atoms with Crippen LogP contribution in [-0.2, 0) is 11.3 Å². The molecule has 0 saturated carbocycles. The third-order valence-corrected chi connectivity index (χ3v) is 6.41. The van der Waals surface area contributed by atoms with Crippen LogP contribution in [-0.4, -0.2) is 33.3 Å². The first kappa shape index (κ1) is 21.8. The molecule has 0 saturated heterocycles. The summed E-state index contributed by atoms with van der Waals surface area (Å²) in [6.07, 6.45) is 0. The summed E-state index contributed by atoms with van der Waals surface area (Å²) in [5.41, 5.74) is 3.25. The van der Waals surface area contributed by atoms with Crippen LogP contribution in [0.25, 0.3) is 27.6 Å². The standard InChI is InChI=1S/C26H22N4O3S/c1-33-19-11-7-10-18(14-19)30-25(32)24-23(20-12-5-6-13-21(20)28-24)29-26(30)34-16-22(31)27-15-17-8-3-2-4-9-17/h2-14,28H,15-16H2,1H3,(H,27,31). The third-order valence-electron chi connectivity index (χ3n) is 5.47. The van der Waals surface area contributed by atoms with Crippen molar-refractivity contribution in [3.63, 3.8) is 0 Å². The molecule has 2 aromatic heterocycles. The predicted molar refractivity (Wildman–Crippen MR) is 135 cm³/mol. The minimum atomic E-state index is -0.235. The monoisotopic (exact) mass is 470 g/mol. The molecule has 0 unspecified atom stereocenters. The molecule has 2 heterocycles. The van der Waals surface area contributed by atoms with Gasteiger partial charge in [-0.2, -0.15) is 0 Å². The Hall–Kier alpha value is -4.04. The van der Waals surface area contributed by atoms with Gasteiger partial charge >= 0.3 is 0 Å². The van der Waals surface area contributed by atoms with Crippen LogP contribution in [0.1, 0.15) is 5.56 Å². The Morgan fingerprint density at radius 2 is 1.85 bits per heavy atom. The zero-order chi connectivity index (χ0) is 23.5. The van der Waals surface area contributed by atoms with Gasteiger partial charge in [-0.1, -0.05) is 66.4 Å². The predicted octanol–water partition coefficient (Wildman–Crippen LogP) is 4.28. The Balaban J connectivity index is 1.52. The number of carbonyl (C=O) groups is 1. The SMILES string of the molecule is COc1cccc(-n2c(SCC(=O)NCc3ccccc3)nc3c([nH]c4ccccc43)c2=O)c1. The molecule has 34 heavy (non-hydrogen) atoms. The van der Waals surface area contributed by atoms with Gasteiger partial charge in [0.15, 0.2) is 5.16 Å². The Morgan fingerprint density at radius 1 is 1.06 bits per heavy atom. The third kappa shape index (κ3) is 4.27. The van der Waals surface area contributed by atoms with E-state index in [0.29, 0.717) is 34.2 Å². The van der Waals surface area contributed by atoms with Gasteiger partial charge in [0.1, 0.15) is 16.8 Å². The molecule has 1 amide bonds. The van der Waals surface area contributed by atoms with E-state index in [2.05, 4.69) is 10.3 Å². The molecule has 2 N–H and O–H groups in total. The van der Waals surface area contributed by atoms with E-state index in [1.807, 2.05) is 72.8 Å². The number of hydrogen-bond acceptors (Lipinski definition) is 5. The number of nitrogens with one attached hydrogen (secondary N) is 2. The normalized spacial score (nSPS) is 11.1. The van der Waals surface area contributed by atoms with Crippen molar-refractivity contribution >= 4 is 39.6 Å². The van der Waals surface area contributed by atoms with Gasteiger partial charge in [0.2, 0.25) is 5.91 Å². The van der Waals surface area contributed by atoms with Gasteiger partial charge < -0.3 is 15.0 Å². The van der Waals surface area contributed by atoms with E-state index in [9.17, 15) is 9.59 Å². The number of amides is 1. The number of rotatable bonds is 7. The van der Waals surface area contributed by atoms with Crippen molar-refractivity contribution in [2.45, 2.75) is 11.7 Å². The lowest BCUT2D eigenvalue weighted by Crippen LogP contribution is -2.26. The number of H-pyrrole nitrogens is 1. The largest absolute Gasteiger partial charge is 0.497 e. The molecular formula is C26H22N4O3S. The van der Waals surface area contributed by atoms with E-state index < -0.39 is 0 Å². The van der Waals surface area contributed by atoms with Crippen molar-refractivity contribution in [1.82, 2.24) is 19.9 Å². The van der Waals surface area contributed by atoms with Gasteiger partial charge in [0.25, 0.3) is 5.56 Å². The number of thioether (sulfide) groups is 1. The number of methoxy groups -OCH3 is 1. The summed E-state index contributed by atoms with van der Waals surface area (Å²) in [5.74, 6) is 0.605. The van der Waals surface area contributed by atoms with Crippen molar-refractivity contribution in [2.75, 3.05) is 12.9 Å². The van der Waals surface area contributed by atoms with Crippen LogP contribution in [0, 0.1) is 0 Å². The summed E-state index contributed by atoms with van der Waals surface area (Å²) < 4.78 is 6.87. The number of para-hydroxylation sites is 1. The lowest BCUT2D eigenvalue weighted by atomic mass is 10.2. The van der Waals surface area contributed by atoms with Crippen LogP contribution in [0.5, 0.6) is 5.75 Å². The van der Waals surface area contributed by atoms with Gasteiger partial charge in [-0.3, -0.25) is 14.2 Å². The van der Waals surface area contributed by atoms with Crippen molar-refractivity contribution in [3.05, 3.63) is 94.8 Å². The van der Waals surface area contributed by atoms with Crippen molar-refractivity contribution in [2.24, 2.45) is 0 Å². The molecule has 3 aromatic carbocycles. The van der Waals surface area contributed by atoms with Crippen LogP contribution in [0.15, 0.2) is 88.8 Å². The molecule has 0 aliphatic rings. The number of carbonyl (C=O) groups excluding carboxylic acids is 1. The Labute approximate surface area is 199 Å². The Morgan fingerprint density at radius 3 is 2.68 bits per heavy atom. The van der Waals surface area contributed by atoms with E-state index in [0.717, 1.165) is 16.5 Å². The molecule has 0 aliphatic carbocycles. The second-order valence-corrected chi connectivity index (χ2v) is 8.62. The maximum absolute atomic E-state index is 13.6. The van der Waals surface area contributed by atoms with Crippen molar-refractivity contribution < 1.29 is 9.53 Å². The highest BCUT2D eigenvalue weighted by Gasteiger charge is 2.18. The van der Waals surface area contributed by atoms with Gasteiger partial charge in [0.05, 0.1) is 18.6 Å². The number of benzene rings is 3. The zero-order valence-corrected chi connectivity index (χ0v) is 19.3. The van der Waals surface area contributed by atoms with Crippen LogP contribution in [0.3, 0.4) is 0 Å². The highest BCUT2D eigenvalue weighted by Crippen LogP contribution is 2.27. The molecule has 5 aromatic rings. The van der Waals surface area contributed by atoms with Crippen LogP contribution in [0.4, 0.5) is 0 Å². The Bertz CT molecular complexity index is 1540. The minimum absolute atomic E-state index is 0.122. The summed E-state index contributed by atoms with van der Waals surface area (Å²) in [6, 6.07) is 24.6. The minimum Gasteiger partial charge on any atom is -0.497 e. The van der Waals surface area contributed by atoms with Crippen LogP contribution >= 0.6 is 11.8 Å². The fraction of sp³-hybridized carbons (Fsp3) is 0.115. The average Bonchev–Trinajstić information content (AvgIpc) is 3.26.